The number of rotatable bonds is 3. The molecule has 0 saturated carbocycles. The molecule has 0 radical (unpaired) electrons. The van der Waals surface area contributed by atoms with Crippen LogP contribution in [-0.2, 0) is 0 Å². The van der Waals surface area contributed by atoms with Gasteiger partial charge < -0.3 is 15.6 Å². The molecule has 0 saturated heterocycles. The van der Waals surface area contributed by atoms with Crippen LogP contribution in [0.4, 0.5) is 5.69 Å². The van der Waals surface area contributed by atoms with Crippen molar-refractivity contribution in [3.05, 3.63) is 35.0 Å². The normalized spacial score (nSPS) is 10.6. The van der Waals surface area contributed by atoms with Gasteiger partial charge in [0, 0.05) is 20.2 Å². The second kappa shape index (κ2) is 5.23. The van der Waals surface area contributed by atoms with Gasteiger partial charge in [-0.3, -0.25) is 4.79 Å². The highest BCUT2D eigenvalue weighted by molar-refractivity contribution is 6.01. The molecule has 1 amide bonds. The average Bonchev–Trinajstić information content (AvgIpc) is 2.25. The summed E-state index contributed by atoms with van der Waals surface area (Å²) in [6.07, 6.45) is 1.41. The summed E-state index contributed by atoms with van der Waals surface area (Å²) in [6, 6.07) is 6.58. The van der Waals surface area contributed by atoms with E-state index in [0.29, 0.717) is 16.7 Å². The van der Waals surface area contributed by atoms with Gasteiger partial charge in [-0.15, -0.1) is 0 Å². The Labute approximate surface area is 88.0 Å². The molecule has 0 spiro atoms. The molecule has 0 aliphatic carbocycles. The molecule has 0 bridgehead atoms. The van der Waals surface area contributed by atoms with Gasteiger partial charge in [0.2, 0.25) is 0 Å². The lowest BCUT2D eigenvalue weighted by Crippen LogP contribution is -2.70. The molecule has 2 N–H and O–H groups in total. The lowest BCUT2D eigenvalue weighted by atomic mass is 10.2. The molecule has 5 heteroatoms. The van der Waals surface area contributed by atoms with E-state index in [0.717, 1.165) is 0 Å². The maximum atomic E-state index is 11.5. The van der Waals surface area contributed by atoms with E-state index in [4.69, 9.17) is 0 Å². The van der Waals surface area contributed by atoms with Gasteiger partial charge in [0.15, 0.2) is 0 Å². The topological polar surface area (TPSA) is 72.3 Å². The molecule has 1 aromatic rings. The summed E-state index contributed by atoms with van der Waals surface area (Å²) in [4.78, 5) is 16.9. The van der Waals surface area contributed by atoms with Crippen LogP contribution in [0.3, 0.4) is 0 Å². The van der Waals surface area contributed by atoms with E-state index >= 15 is 0 Å². The Hall–Kier alpha value is -1.72. The SMILES string of the molecule is CN(C)C=NC(=O)c1ccccc1[NH2+][O-]. The van der Waals surface area contributed by atoms with Crippen molar-refractivity contribution < 1.29 is 10.3 Å². The lowest BCUT2D eigenvalue weighted by Gasteiger charge is -2.06. The van der Waals surface area contributed by atoms with Gasteiger partial charge in [-0.2, -0.15) is 4.99 Å². The number of hydrogen-bond donors (Lipinski definition) is 1. The third kappa shape index (κ3) is 3.16. The molecule has 5 nitrogen and oxygen atoms in total. The second-order valence-electron chi connectivity index (χ2n) is 3.22. The summed E-state index contributed by atoms with van der Waals surface area (Å²) in [7, 11) is 3.53. The smallest absolute Gasteiger partial charge is 0.284 e. The van der Waals surface area contributed by atoms with Crippen molar-refractivity contribution in [1.29, 1.82) is 0 Å². The van der Waals surface area contributed by atoms with Crippen LogP contribution in [-0.4, -0.2) is 31.2 Å². The Bertz CT molecular complexity index is 375. The van der Waals surface area contributed by atoms with E-state index in [1.54, 1.807) is 43.3 Å². The van der Waals surface area contributed by atoms with Crippen LogP contribution in [0.25, 0.3) is 0 Å². The number of aliphatic imine (C=N–C) groups is 1. The average molecular weight is 207 g/mol. The standard InChI is InChI=1S/C10H13N3O2/c1-13(2)7-11-10(14)8-5-3-4-6-9(8)12-15/h3-7H,12H2,1-2H3. The van der Waals surface area contributed by atoms with Gasteiger partial charge in [0.25, 0.3) is 5.91 Å². The third-order valence-corrected chi connectivity index (χ3v) is 1.72. The molecule has 0 atom stereocenters. The minimum atomic E-state index is -0.411. The van der Waals surface area contributed by atoms with Gasteiger partial charge in [0.05, 0.1) is 6.34 Å². The van der Waals surface area contributed by atoms with E-state index in [9.17, 15) is 10.0 Å². The minimum Gasteiger partial charge on any atom is -0.630 e. The number of carbonyl (C=O) groups is 1. The predicted molar refractivity (Wildman–Crippen MR) is 57.9 cm³/mol. The van der Waals surface area contributed by atoms with Crippen LogP contribution in [0.2, 0.25) is 0 Å². The first-order valence-electron chi connectivity index (χ1n) is 4.44. The first kappa shape index (κ1) is 11.4. The van der Waals surface area contributed by atoms with Gasteiger partial charge in [0.1, 0.15) is 11.3 Å². The van der Waals surface area contributed by atoms with E-state index in [1.165, 1.54) is 6.34 Å². The minimum absolute atomic E-state index is 0.325. The highest BCUT2D eigenvalue weighted by Crippen LogP contribution is 2.10. The Balaban J connectivity index is 2.91. The molecule has 15 heavy (non-hydrogen) atoms. The number of quaternary nitrogens is 1. The van der Waals surface area contributed by atoms with Crippen molar-refractivity contribution in [3.63, 3.8) is 0 Å². The monoisotopic (exact) mass is 207 g/mol. The van der Waals surface area contributed by atoms with Crippen LogP contribution in [0, 0.1) is 5.21 Å². The van der Waals surface area contributed by atoms with Crippen LogP contribution >= 0.6 is 0 Å². The summed E-state index contributed by atoms with van der Waals surface area (Å²) in [5, 5.41) is 10.7. The molecule has 0 fully saturated rings. The maximum absolute atomic E-state index is 11.5. The highest BCUT2D eigenvalue weighted by Gasteiger charge is 2.09. The molecule has 0 heterocycles. The van der Waals surface area contributed by atoms with Crippen molar-refractivity contribution >= 4 is 17.9 Å². The summed E-state index contributed by atoms with van der Waals surface area (Å²) in [5.74, 6) is -0.411. The zero-order chi connectivity index (χ0) is 11.3. The van der Waals surface area contributed by atoms with E-state index in [2.05, 4.69) is 4.99 Å². The van der Waals surface area contributed by atoms with Crippen molar-refractivity contribution in [2.24, 2.45) is 4.99 Å². The second-order valence-corrected chi connectivity index (χ2v) is 3.22. The quantitative estimate of drug-likeness (QED) is 0.331. The molecular weight excluding hydrogens is 194 g/mol. The van der Waals surface area contributed by atoms with Gasteiger partial charge in [-0.1, -0.05) is 12.1 Å². The first-order chi connectivity index (χ1) is 7.15. The summed E-state index contributed by atoms with van der Waals surface area (Å²) < 4.78 is 0. The van der Waals surface area contributed by atoms with Gasteiger partial charge in [-0.05, 0) is 6.07 Å². The van der Waals surface area contributed by atoms with Crippen LogP contribution < -0.4 is 5.48 Å². The van der Waals surface area contributed by atoms with E-state index < -0.39 is 5.91 Å². The highest BCUT2D eigenvalue weighted by atomic mass is 16.5. The number of carbonyl (C=O) groups excluding carboxylic acids is 1. The molecule has 0 aliphatic rings. The van der Waals surface area contributed by atoms with Gasteiger partial charge in [-0.25, -0.2) is 0 Å². The molecule has 0 aromatic heterocycles. The van der Waals surface area contributed by atoms with Crippen molar-refractivity contribution in [3.8, 4) is 0 Å². The fourth-order valence-corrected chi connectivity index (χ4v) is 1.03. The fourth-order valence-electron chi connectivity index (χ4n) is 1.03. The van der Waals surface area contributed by atoms with Crippen molar-refractivity contribution in [1.82, 2.24) is 4.90 Å². The first-order valence-corrected chi connectivity index (χ1v) is 4.44. The summed E-state index contributed by atoms with van der Waals surface area (Å²) in [5.41, 5.74) is 1.34. The van der Waals surface area contributed by atoms with Crippen molar-refractivity contribution in [2.75, 3.05) is 14.1 Å². The van der Waals surface area contributed by atoms with Crippen LogP contribution in [0.5, 0.6) is 0 Å². The molecule has 80 valence electrons. The van der Waals surface area contributed by atoms with Gasteiger partial charge >= 0.3 is 0 Å². The zero-order valence-corrected chi connectivity index (χ0v) is 8.68. The summed E-state index contributed by atoms with van der Waals surface area (Å²) >= 11 is 0. The number of nitrogens with zero attached hydrogens (tertiary/aromatic N) is 2. The maximum Gasteiger partial charge on any atom is 0.284 e. The van der Waals surface area contributed by atoms with Crippen LogP contribution in [0.15, 0.2) is 29.3 Å². The molecule has 0 unspecified atom stereocenters. The molecule has 1 aromatic carbocycles. The molecular formula is C10H13N3O2. The Morgan fingerprint density at radius 2 is 2.13 bits per heavy atom. The third-order valence-electron chi connectivity index (χ3n) is 1.72. The number of nitrogens with two attached hydrogens (primary N) is 1. The number of benzene rings is 1. The Kier molecular flexibility index (Phi) is 3.96. The lowest BCUT2D eigenvalue weighted by molar-refractivity contribution is -0.497. The largest absolute Gasteiger partial charge is 0.630 e. The zero-order valence-electron chi connectivity index (χ0n) is 8.68. The molecule has 0 aliphatic heterocycles. The fraction of sp³-hybridized carbons (Fsp3) is 0.200. The Morgan fingerprint density at radius 3 is 2.73 bits per heavy atom. The van der Waals surface area contributed by atoms with Crippen molar-refractivity contribution in [2.45, 2.75) is 0 Å². The van der Waals surface area contributed by atoms with E-state index in [1.807, 2.05) is 0 Å². The number of hydrogen-bond acceptors (Lipinski definition) is 2. The van der Waals surface area contributed by atoms with E-state index in [-0.39, 0.29) is 0 Å². The molecule has 1 rings (SSSR count). The van der Waals surface area contributed by atoms with Crippen LogP contribution in [0.1, 0.15) is 10.4 Å². The summed E-state index contributed by atoms with van der Waals surface area (Å²) in [6.45, 7) is 0. The predicted octanol–water partition coefficient (Wildman–Crippen LogP) is 0.109. The Morgan fingerprint density at radius 1 is 1.47 bits per heavy atom. The number of amides is 1.